The van der Waals surface area contributed by atoms with Gasteiger partial charge in [0.2, 0.25) is 0 Å². The number of hydrogen-bond donors (Lipinski definition) is 1. The summed E-state index contributed by atoms with van der Waals surface area (Å²) in [6, 6.07) is 16.0. The first kappa shape index (κ1) is 16.3. The number of aromatic nitrogens is 2. The van der Waals surface area contributed by atoms with E-state index in [-0.39, 0.29) is 11.5 Å². The van der Waals surface area contributed by atoms with Gasteiger partial charge in [-0.1, -0.05) is 37.3 Å². The lowest BCUT2D eigenvalue weighted by atomic mass is 10.1. The number of para-hydroxylation sites is 1. The van der Waals surface area contributed by atoms with Crippen LogP contribution < -0.4 is 0 Å². The summed E-state index contributed by atoms with van der Waals surface area (Å²) in [5.74, 6) is -1.30. The highest BCUT2D eigenvalue weighted by atomic mass is 19.1. The summed E-state index contributed by atoms with van der Waals surface area (Å²) in [4.78, 5) is 15.8. The smallest absolute Gasteiger partial charge is 0.354 e. The summed E-state index contributed by atoms with van der Waals surface area (Å²) in [5, 5.41) is 11.3. The van der Waals surface area contributed by atoms with Crippen LogP contribution in [-0.2, 0) is 13.0 Å². The quantitative estimate of drug-likeness (QED) is 0.585. The van der Waals surface area contributed by atoms with Gasteiger partial charge in [0, 0.05) is 22.8 Å². The van der Waals surface area contributed by atoms with E-state index in [1.165, 1.54) is 12.1 Å². The van der Waals surface area contributed by atoms with Crippen molar-refractivity contribution in [3.8, 4) is 0 Å². The first-order chi connectivity index (χ1) is 12.6. The van der Waals surface area contributed by atoms with Gasteiger partial charge in [-0.05, 0) is 36.2 Å². The predicted octanol–water partition coefficient (Wildman–Crippen LogP) is 4.64. The van der Waals surface area contributed by atoms with E-state index >= 15 is 0 Å². The number of aromatic carboxylic acids is 1. The fourth-order valence-electron chi connectivity index (χ4n) is 3.45. The maximum absolute atomic E-state index is 13.2. The molecule has 5 heteroatoms. The van der Waals surface area contributed by atoms with Crippen LogP contribution in [0.1, 0.15) is 28.7 Å². The number of hydrogen-bond acceptors (Lipinski definition) is 2. The number of aryl methyl sites for hydroxylation is 1. The van der Waals surface area contributed by atoms with Gasteiger partial charge in [0.05, 0.1) is 11.2 Å². The average Bonchev–Trinajstić information content (AvgIpc) is 2.97. The zero-order valence-corrected chi connectivity index (χ0v) is 14.2. The molecule has 0 aliphatic carbocycles. The second-order valence-electron chi connectivity index (χ2n) is 6.24. The molecule has 0 unspecified atom stereocenters. The van der Waals surface area contributed by atoms with Gasteiger partial charge in [0.25, 0.3) is 0 Å². The van der Waals surface area contributed by atoms with Crippen molar-refractivity contribution in [1.82, 2.24) is 9.55 Å². The molecule has 130 valence electrons. The van der Waals surface area contributed by atoms with E-state index < -0.39 is 5.97 Å². The van der Waals surface area contributed by atoms with E-state index in [9.17, 15) is 14.3 Å². The topological polar surface area (TPSA) is 55.1 Å². The van der Waals surface area contributed by atoms with Crippen molar-refractivity contribution in [2.75, 3.05) is 0 Å². The Balaban J connectivity index is 2.03. The first-order valence-corrected chi connectivity index (χ1v) is 8.47. The lowest BCUT2D eigenvalue weighted by Crippen LogP contribution is -2.06. The van der Waals surface area contributed by atoms with Gasteiger partial charge in [-0.2, -0.15) is 0 Å². The molecule has 0 saturated heterocycles. The van der Waals surface area contributed by atoms with E-state index in [2.05, 4.69) is 9.55 Å². The molecule has 0 aliphatic heterocycles. The number of benzene rings is 2. The van der Waals surface area contributed by atoms with E-state index in [0.717, 1.165) is 33.1 Å². The minimum Gasteiger partial charge on any atom is -0.477 e. The second-order valence-corrected chi connectivity index (χ2v) is 6.24. The molecule has 4 nitrogen and oxygen atoms in total. The molecule has 0 atom stereocenters. The minimum atomic E-state index is -1.03. The second kappa shape index (κ2) is 6.26. The van der Waals surface area contributed by atoms with Crippen LogP contribution in [-0.4, -0.2) is 20.6 Å². The fraction of sp³-hybridized carbons (Fsp3) is 0.143. The van der Waals surface area contributed by atoms with Crippen molar-refractivity contribution in [3.63, 3.8) is 0 Å². The van der Waals surface area contributed by atoms with Crippen LogP contribution in [0.2, 0.25) is 0 Å². The Morgan fingerprint density at radius 1 is 1.12 bits per heavy atom. The number of pyridine rings is 1. The van der Waals surface area contributed by atoms with E-state index in [1.807, 2.05) is 31.2 Å². The highest BCUT2D eigenvalue weighted by molar-refractivity contribution is 6.10. The molecule has 0 saturated carbocycles. The Bertz CT molecular complexity index is 1130. The SMILES string of the molecule is CCc1nc(C(=O)O)cc2c3ccccc3n(Cc3ccc(F)cc3)c12. The molecule has 0 radical (unpaired) electrons. The van der Waals surface area contributed by atoms with Crippen LogP contribution in [0.5, 0.6) is 0 Å². The highest BCUT2D eigenvalue weighted by Gasteiger charge is 2.18. The molecule has 26 heavy (non-hydrogen) atoms. The molecule has 4 aromatic rings. The zero-order valence-electron chi connectivity index (χ0n) is 14.2. The first-order valence-electron chi connectivity index (χ1n) is 8.47. The number of carbonyl (C=O) groups is 1. The van der Waals surface area contributed by atoms with Crippen LogP contribution >= 0.6 is 0 Å². The van der Waals surface area contributed by atoms with Gasteiger partial charge < -0.3 is 9.67 Å². The molecule has 0 amide bonds. The lowest BCUT2D eigenvalue weighted by Gasteiger charge is -2.10. The minimum absolute atomic E-state index is 0.0547. The van der Waals surface area contributed by atoms with Crippen molar-refractivity contribution in [1.29, 1.82) is 0 Å². The van der Waals surface area contributed by atoms with Crippen LogP contribution in [0.4, 0.5) is 4.39 Å². The van der Waals surface area contributed by atoms with Gasteiger partial charge in [-0.3, -0.25) is 0 Å². The molecular formula is C21H17FN2O2. The van der Waals surface area contributed by atoms with E-state index in [4.69, 9.17) is 0 Å². The number of rotatable bonds is 4. The van der Waals surface area contributed by atoms with Gasteiger partial charge in [0.15, 0.2) is 0 Å². The number of fused-ring (bicyclic) bond motifs is 3. The highest BCUT2D eigenvalue weighted by Crippen LogP contribution is 2.32. The van der Waals surface area contributed by atoms with Crippen LogP contribution in [0.25, 0.3) is 21.8 Å². The Kier molecular flexibility index (Phi) is 3.92. The Hall–Kier alpha value is -3.21. The molecule has 0 bridgehead atoms. The molecule has 2 aromatic heterocycles. The molecule has 1 N–H and O–H groups in total. The van der Waals surface area contributed by atoms with Crippen molar-refractivity contribution < 1.29 is 14.3 Å². The third-order valence-electron chi connectivity index (χ3n) is 4.63. The summed E-state index contributed by atoms with van der Waals surface area (Å²) >= 11 is 0. The van der Waals surface area contributed by atoms with Crippen molar-refractivity contribution >= 4 is 27.8 Å². The standard InChI is InChI=1S/C21H17FN2O2/c1-2-17-20-16(11-18(23-17)21(25)26)15-5-3-4-6-19(15)24(20)12-13-7-9-14(22)10-8-13/h3-11H,2,12H2,1H3,(H,25,26). The van der Waals surface area contributed by atoms with Crippen LogP contribution in [0.15, 0.2) is 54.6 Å². The Labute approximate surface area is 149 Å². The average molecular weight is 348 g/mol. The van der Waals surface area contributed by atoms with Crippen molar-refractivity contribution in [2.45, 2.75) is 19.9 Å². The molecular weight excluding hydrogens is 331 g/mol. The normalized spacial score (nSPS) is 11.3. The van der Waals surface area contributed by atoms with Gasteiger partial charge in [0.1, 0.15) is 11.5 Å². The van der Waals surface area contributed by atoms with E-state index in [0.29, 0.717) is 13.0 Å². The third kappa shape index (κ3) is 2.62. The Morgan fingerprint density at radius 3 is 2.54 bits per heavy atom. The van der Waals surface area contributed by atoms with Crippen LogP contribution in [0.3, 0.4) is 0 Å². The summed E-state index contributed by atoms with van der Waals surface area (Å²) in [5.41, 5.74) is 3.71. The zero-order chi connectivity index (χ0) is 18.3. The van der Waals surface area contributed by atoms with Gasteiger partial charge in [-0.25, -0.2) is 14.2 Å². The number of halogens is 1. The maximum Gasteiger partial charge on any atom is 0.354 e. The number of nitrogens with zero attached hydrogens (tertiary/aromatic N) is 2. The van der Waals surface area contributed by atoms with Crippen molar-refractivity contribution in [3.05, 3.63) is 77.4 Å². The maximum atomic E-state index is 13.2. The molecule has 2 aromatic carbocycles. The monoisotopic (exact) mass is 348 g/mol. The summed E-state index contributed by atoms with van der Waals surface area (Å²) in [6.45, 7) is 2.53. The summed E-state index contributed by atoms with van der Waals surface area (Å²) < 4.78 is 15.4. The molecule has 0 aliphatic rings. The lowest BCUT2D eigenvalue weighted by molar-refractivity contribution is 0.0690. The van der Waals surface area contributed by atoms with Crippen LogP contribution in [0, 0.1) is 5.82 Å². The number of carboxylic acid groups (broad SMARTS) is 1. The largest absolute Gasteiger partial charge is 0.477 e. The third-order valence-corrected chi connectivity index (χ3v) is 4.63. The fourth-order valence-corrected chi connectivity index (χ4v) is 3.45. The molecule has 4 rings (SSSR count). The summed E-state index contributed by atoms with van der Waals surface area (Å²) in [7, 11) is 0. The van der Waals surface area contributed by atoms with Gasteiger partial charge >= 0.3 is 5.97 Å². The Morgan fingerprint density at radius 2 is 1.85 bits per heavy atom. The molecule has 0 fully saturated rings. The predicted molar refractivity (Wildman–Crippen MR) is 99.1 cm³/mol. The number of carboxylic acids is 1. The van der Waals surface area contributed by atoms with Crippen molar-refractivity contribution in [2.24, 2.45) is 0 Å². The molecule has 0 spiro atoms. The van der Waals surface area contributed by atoms with E-state index in [1.54, 1.807) is 18.2 Å². The molecule has 2 heterocycles. The summed E-state index contributed by atoms with van der Waals surface area (Å²) in [6.07, 6.45) is 0.622. The van der Waals surface area contributed by atoms with Gasteiger partial charge in [-0.15, -0.1) is 0 Å².